The lowest BCUT2D eigenvalue weighted by Gasteiger charge is -2.31. The van der Waals surface area contributed by atoms with Crippen LogP contribution in [0.5, 0.6) is 11.5 Å². The molecule has 1 fully saturated rings. The van der Waals surface area contributed by atoms with Gasteiger partial charge in [-0.1, -0.05) is 11.6 Å². The summed E-state index contributed by atoms with van der Waals surface area (Å²) < 4.78 is 5.81. The Hall–Kier alpha value is -1.65. The van der Waals surface area contributed by atoms with E-state index in [2.05, 4.69) is 12.1 Å². The first-order valence-electron chi connectivity index (χ1n) is 8.52. The standard InChI is InChI=1S/C20H22ClNO2S/c1-15(23)22-12-10-16(11-13-22)14-25-20-8-6-19(7-9-20)24-18-4-2-17(21)3-5-18/h2-9,16H,10-14H2,1H3. The highest BCUT2D eigenvalue weighted by Crippen LogP contribution is 2.29. The number of halogens is 1. The first-order chi connectivity index (χ1) is 12.1. The molecule has 0 atom stereocenters. The number of nitrogens with zero attached hydrogens (tertiary/aromatic N) is 1. The summed E-state index contributed by atoms with van der Waals surface area (Å²) in [6.07, 6.45) is 2.20. The number of likely N-dealkylation sites (tertiary alicyclic amines) is 1. The summed E-state index contributed by atoms with van der Waals surface area (Å²) in [6.45, 7) is 3.45. The number of hydrogen-bond donors (Lipinski definition) is 0. The van der Waals surface area contributed by atoms with Crippen molar-refractivity contribution in [1.29, 1.82) is 0 Å². The van der Waals surface area contributed by atoms with E-state index in [4.69, 9.17) is 16.3 Å². The van der Waals surface area contributed by atoms with E-state index in [9.17, 15) is 4.79 Å². The Bertz CT molecular complexity index is 695. The molecule has 1 heterocycles. The van der Waals surface area contributed by atoms with Gasteiger partial charge in [0.05, 0.1) is 0 Å². The molecule has 3 rings (SSSR count). The lowest BCUT2D eigenvalue weighted by atomic mass is 9.99. The average Bonchev–Trinajstić information content (AvgIpc) is 2.63. The zero-order chi connectivity index (χ0) is 17.6. The van der Waals surface area contributed by atoms with Gasteiger partial charge < -0.3 is 9.64 Å². The molecule has 2 aromatic carbocycles. The van der Waals surface area contributed by atoms with Gasteiger partial charge in [0.15, 0.2) is 0 Å². The Morgan fingerprint density at radius 2 is 1.64 bits per heavy atom. The Balaban J connectivity index is 1.46. The van der Waals surface area contributed by atoms with Crippen molar-refractivity contribution < 1.29 is 9.53 Å². The second-order valence-corrected chi connectivity index (χ2v) is 7.82. The highest BCUT2D eigenvalue weighted by atomic mass is 35.5. The predicted molar refractivity (Wildman–Crippen MR) is 104 cm³/mol. The molecule has 3 nitrogen and oxygen atoms in total. The van der Waals surface area contributed by atoms with Gasteiger partial charge in [-0.05, 0) is 67.3 Å². The van der Waals surface area contributed by atoms with Crippen LogP contribution in [-0.2, 0) is 4.79 Å². The van der Waals surface area contributed by atoms with Gasteiger partial charge in [0.2, 0.25) is 5.91 Å². The molecule has 1 saturated heterocycles. The minimum atomic E-state index is 0.197. The van der Waals surface area contributed by atoms with Crippen LogP contribution in [0.3, 0.4) is 0 Å². The SMILES string of the molecule is CC(=O)N1CCC(CSc2ccc(Oc3ccc(Cl)cc3)cc2)CC1. The number of ether oxygens (including phenoxy) is 1. The van der Waals surface area contributed by atoms with Crippen LogP contribution in [0, 0.1) is 5.92 Å². The van der Waals surface area contributed by atoms with Crippen LogP contribution in [0.4, 0.5) is 0 Å². The Morgan fingerprint density at radius 1 is 1.08 bits per heavy atom. The van der Waals surface area contributed by atoms with Crippen LogP contribution in [0.25, 0.3) is 0 Å². The Labute approximate surface area is 158 Å². The molecular formula is C20H22ClNO2S. The van der Waals surface area contributed by atoms with Crippen LogP contribution < -0.4 is 4.74 Å². The van der Waals surface area contributed by atoms with Crippen molar-refractivity contribution in [2.24, 2.45) is 5.92 Å². The van der Waals surface area contributed by atoms with Crippen molar-refractivity contribution in [3.05, 3.63) is 53.6 Å². The highest BCUT2D eigenvalue weighted by molar-refractivity contribution is 7.99. The maximum atomic E-state index is 11.4. The number of carbonyl (C=O) groups is 1. The van der Waals surface area contributed by atoms with E-state index in [1.54, 1.807) is 6.92 Å². The fourth-order valence-electron chi connectivity index (χ4n) is 2.87. The minimum Gasteiger partial charge on any atom is -0.457 e. The summed E-state index contributed by atoms with van der Waals surface area (Å²) in [5, 5.41) is 0.702. The molecule has 0 saturated carbocycles. The molecule has 2 aromatic rings. The van der Waals surface area contributed by atoms with Crippen molar-refractivity contribution in [1.82, 2.24) is 4.90 Å². The van der Waals surface area contributed by atoms with Gasteiger partial charge in [-0.2, -0.15) is 0 Å². The first kappa shape index (κ1) is 18.2. The zero-order valence-electron chi connectivity index (χ0n) is 14.3. The summed E-state index contributed by atoms with van der Waals surface area (Å²) in [7, 11) is 0. The monoisotopic (exact) mass is 375 g/mol. The van der Waals surface area contributed by atoms with Crippen molar-refractivity contribution in [2.45, 2.75) is 24.7 Å². The third kappa shape index (κ3) is 5.41. The molecule has 1 aliphatic heterocycles. The highest BCUT2D eigenvalue weighted by Gasteiger charge is 2.20. The fraction of sp³-hybridized carbons (Fsp3) is 0.350. The number of amides is 1. The number of rotatable bonds is 5. The molecule has 1 amide bonds. The van der Waals surface area contributed by atoms with Gasteiger partial charge >= 0.3 is 0 Å². The molecule has 132 valence electrons. The topological polar surface area (TPSA) is 29.5 Å². The van der Waals surface area contributed by atoms with Crippen LogP contribution in [0.1, 0.15) is 19.8 Å². The Morgan fingerprint density at radius 3 is 2.20 bits per heavy atom. The molecule has 25 heavy (non-hydrogen) atoms. The van der Waals surface area contributed by atoms with Crippen LogP contribution >= 0.6 is 23.4 Å². The lowest BCUT2D eigenvalue weighted by molar-refractivity contribution is -0.130. The molecular weight excluding hydrogens is 354 g/mol. The molecule has 0 spiro atoms. The third-order valence-corrected chi connectivity index (χ3v) is 5.91. The molecule has 0 unspecified atom stereocenters. The van der Waals surface area contributed by atoms with Gasteiger partial charge in [0.1, 0.15) is 11.5 Å². The number of carbonyl (C=O) groups excluding carboxylic acids is 1. The van der Waals surface area contributed by atoms with E-state index in [1.807, 2.05) is 53.1 Å². The van der Waals surface area contributed by atoms with E-state index >= 15 is 0 Å². The molecule has 0 N–H and O–H groups in total. The number of thioether (sulfide) groups is 1. The normalized spacial score (nSPS) is 15.2. The van der Waals surface area contributed by atoms with E-state index < -0.39 is 0 Å². The van der Waals surface area contributed by atoms with Gasteiger partial charge in [0, 0.05) is 35.7 Å². The average molecular weight is 376 g/mol. The second-order valence-electron chi connectivity index (χ2n) is 6.29. The zero-order valence-corrected chi connectivity index (χ0v) is 15.9. The van der Waals surface area contributed by atoms with Crippen LogP contribution in [-0.4, -0.2) is 29.6 Å². The van der Waals surface area contributed by atoms with Crippen molar-refractivity contribution in [3.8, 4) is 11.5 Å². The molecule has 0 radical (unpaired) electrons. The van der Waals surface area contributed by atoms with E-state index in [0.717, 1.165) is 43.2 Å². The van der Waals surface area contributed by atoms with E-state index in [-0.39, 0.29) is 5.91 Å². The molecule has 0 aromatic heterocycles. The molecule has 5 heteroatoms. The van der Waals surface area contributed by atoms with Crippen molar-refractivity contribution in [2.75, 3.05) is 18.8 Å². The fourth-order valence-corrected chi connectivity index (χ4v) is 4.09. The van der Waals surface area contributed by atoms with Crippen LogP contribution in [0.2, 0.25) is 5.02 Å². The summed E-state index contributed by atoms with van der Waals surface area (Å²) in [4.78, 5) is 14.6. The van der Waals surface area contributed by atoms with Gasteiger partial charge in [-0.3, -0.25) is 4.79 Å². The van der Waals surface area contributed by atoms with Crippen LogP contribution in [0.15, 0.2) is 53.4 Å². The smallest absolute Gasteiger partial charge is 0.219 e. The van der Waals surface area contributed by atoms with Crippen molar-refractivity contribution >= 4 is 29.3 Å². The molecule has 0 aliphatic carbocycles. The van der Waals surface area contributed by atoms with Gasteiger partial charge in [-0.25, -0.2) is 0 Å². The number of benzene rings is 2. The maximum Gasteiger partial charge on any atom is 0.219 e. The largest absolute Gasteiger partial charge is 0.457 e. The summed E-state index contributed by atoms with van der Waals surface area (Å²) >= 11 is 7.76. The molecule has 0 bridgehead atoms. The van der Waals surface area contributed by atoms with Crippen molar-refractivity contribution in [3.63, 3.8) is 0 Å². The lowest BCUT2D eigenvalue weighted by Crippen LogP contribution is -2.37. The number of hydrogen-bond acceptors (Lipinski definition) is 3. The Kier molecular flexibility index (Phi) is 6.27. The second kappa shape index (κ2) is 8.63. The van der Waals surface area contributed by atoms with Gasteiger partial charge in [-0.15, -0.1) is 11.8 Å². The minimum absolute atomic E-state index is 0.197. The first-order valence-corrected chi connectivity index (χ1v) is 9.88. The number of piperidine rings is 1. The quantitative estimate of drug-likeness (QED) is 0.648. The van der Waals surface area contributed by atoms with E-state index in [1.165, 1.54) is 4.90 Å². The summed E-state index contributed by atoms with van der Waals surface area (Å²) in [5.41, 5.74) is 0. The van der Waals surface area contributed by atoms with Gasteiger partial charge in [0.25, 0.3) is 0 Å². The predicted octanol–water partition coefficient (Wildman–Crippen LogP) is 5.48. The van der Waals surface area contributed by atoms with E-state index in [0.29, 0.717) is 10.9 Å². The maximum absolute atomic E-state index is 11.4. The summed E-state index contributed by atoms with van der Waals surface area (Å²) in [5.74, 6) is 3.58. The third-order valence-electron chi connectivity index (χ3n) is 4.42. The summed E-state index contributed by atoms with van der Waals surface area (Å²) in [6, 6.07) is 15.5. The molecule has 1 aliphatic rings.